The lowest BCUT2D eigenvalue weighted by molar-refractivity contribution is -0.355. The molecule has 10 atom stereocenters. The predicted molar refractivity (Wildman–Crippen MR) is 68.6 cm³/mol. The van der Waals surface area contributed by atoms with Gasteiger partial charge in [0, 0.05) is 0 Å². The van der Waals surface area contributed by atoms with E-state index in [1.165, 1.54) is 0 Å². The molecule has 0 radical (unpaired) electrons. The van der Waals surface area contributed by atoms with Crippen LogP contribution in [0.1, 0.15) is 0 Å². The van der Waals surface area contributed by atoms with Gasteiger partial charge in [0.05, 0.1) is 13.2 Å². The number of hydrogen-bond donors (Lipinski definition) is 8. The van der Waals surface area contributed by atoms with E-state index < -0.39 is 74.6 Å². The molecule has 2 aliphatic heterocycles. The molecule has 2 rings (SSSR count). The molecule has 0 amide bonds. The molecule has 2 heterocycles. The Balaban J connectivity index is 2.11. The van der Waals surface area contributed by atoms with E-state index in [-0.39, 0.29) is 0 Å². The van der Waals surface area contributed by atoms with Crippen LogP contribution in [0, 0.1) is 0 Å². The third-order valence-electron chi connectivity index (χ3n) is 3.98. The van der Waals surface area contributed by atoms with Crippen LogP contribution in [0.15, 0.2) is 0 Å². The Bertz CT molecular complexity index is 380. The van der Waals surface area contributed by atoms with Gasteiger partial charge in [0.2, 0.25) is 0 Å². The lowest BCUT2D eigenvalue weighted by Crippen LogP contribution is -2.64. The van der Waals surface area contributed by atoms with Gasteiger partial charge in [-0.25, -0.2) is 0 Å². The Hall–Kier alpha value is -0.440. The van der Waals surface area contributed by atoms with Crippen LogP contribution < -0.4 is 0 Å². The van der Waals surface area contributed by atoms with Gasteiger partial charge < -0.3 is 55.1 Å². The van der Waals surface area contributed by atoms with E-state index in [4.69, 9.17) is 24.4 Å². The van der Waals surface area contributed by atoms with E-state index in [2.05, 4.69) is 0 Å². The number of rotatable bonds is 4. The average Bonchev–Trinajstić information content (AvgIpc) is 2.54. The number of hydrogen-bond acceptors (Lipinski definition) is 11. The maximum atomic E-state index is 10.00. The van der Waals surface area contributed by atoms with Gasteiger partial charge in [-0.05, 0) is 0 Å². The highest BCUT2D eigenvalue weighted by molar-refractivity contribution is 4.93. The maximum absolute atomic E-state index is 10.00. The maximum Gasteiger partial charge on any atom is 0.187 e. The molecule has 11 heteroatoms. The summed E-state index contributed by atoms with van der Waals surface area (Å²) in [4.78, 5) is 0. The van der Waals surface area contributed by atoms with E-state index in [0.29, 0.717) is 0 Å². The van der Waals surface area contributed by atoms with Gasteiger partial charge in [-0.3, -0.25) is 0 Å². The molecule has 2 aliphatic rings. The van der Waals surface area contributed by atoms with Crippen molar-refractivity contribution in [3.63, 3.8) is 0 Å². The fourth-order valence-corrected chi connectivity index (χ4v) is 2.56. The Kier molecular flexibility index (Phi) is 6.27. The van der Waals surface area contributed by atoms with Gasteiger partial charge in [0.15, 0.2) is 12.6 Å². The zero-order valence-corrected chi connectivity index (χ0v) is 12.0. The summed E-state index contributed by atoms with van der Waals surface area (Å²) in [5.41, 5.74) is 0. The van der Waals surface area contributed by atoms with Crippen molar-refractivity contribution in [2.75, 3.05) is 13.2 Å². The van der Waals surface area contributed by atoms with E-state index in [1.807, 2.05) is 0 Å². The zero-order chi connectivity index (χ0) is 17.3. The van der Waals surface area contributed by atoms with Crippen molar-refractivity contribution in [1.29, 1.82) is 0 Å². The summed E-state index contributed by atoms with van der Waals surface area (Å²) >= 11 is 0. The molecule has 0 spiro atoms. The molecule has 0 saturated carbocycles. The van der Waals surface area contributed by atoms with Crippen molar-refractivity contribution >= 4 is 0 Å². The summed E-state index contributed by atoms with van der Waals surface area (Å²) in [6.45, 7) is -1.34. The lowest BCUT2D eigenvalue weighted by atomic mass is 9.97. The Labute approximate surface area is 130 Å². The first kappa shape index (κ1) is 18.9. The molecule has 1 unspecified atom stereocenters. The van der Waals surface area contributed by atoms with Crippen LogP contribution >= 0.6 is 0 Å². The highest BCUT2D eigenvalue weighted by Gasteiger charge is 2.50. The molecule has 11 nitrogen and oxygen atoms in total. The fourth-order valence-electron chi connectivity index (χ4n) is 2.56. The van der Waals surface area contributed by atoms with Gasteiger partial charge in [0.25, 0.3) is 0 Å². The number of aliphatic hydroxyl groups is 8. The van der Waals surface area contributed by atoms with Gasteiger partial charge in [-0.15, -0.1) is 0 Å². The molecular weight excluding hydrogens is 320 g/mol. The van der Waals surface area contributed by atoms with Crippen molar-refractivity contribution in [3.8, 4) is 0 Å². The van der Waals surface area contributed by atoms with Crippen LogP contribution in [0.2, 0.25) is 0 Å². The molecular formula is C12H22O11. The van der Waals surface area contributed by atoms with Crippen LogP contribution in [0.3, 0.4) is 0 Å². The second-order valence-corrected chi connectivity index (χ2v) is 5.53. The normalized spacial score (nSPS) is 51.7. The summed E-state index contributed by atoms with van der Waals surface area (Å²) in [6, 6.07) is 0. The first-order chi connectivity index (χ1) is 10.8. The minimum Gasteiger partial charge on any atom is -0.394 e. The molecule has 2 saturated heterocycles. The monoisotopic (exact) mass is 342 g/mol. The van der Waals surface area contributed by atoms with Gasteiger partial charge in [-0.2, -0.15) is 0 Å². The van der Waals surface area contributed by atoms with E-state index in [9.17, 15) is 30.6 Å². The van der Waals surface area contributed by atoms with Crippen LogP contribution in [0.4, 0.5) is 0 Å². The van der Waals surface area contributed by atoms with E-state index >= 15 is 0 Å². The SMILES string of the molecule is OC[C@H]1OC(O)[C@H](O)[C@@H](O[C@@H]2O[C@H](CO)[C@@H](O)[C@H](O)[C@H]2O)[C@H]1O. The molecule has 0 aliphatic carbocycles. The lowest BCUT2D eigenvalue weighted by Gasteiger charge is -2.45. The van der Waals surface area contributed by atoms with Crippen LogP contribution in [0.5, 0.6) is 0 Å². The van der Waals surface area contributed by atoms with Gasteiger partial charge in [-0.1, -0.05) is 0 Å². The Morgan fingerprint density at radius 2 is 1.22 bits per heavy atom. The predicted octanol–water partition coefficient (Wildman–Crippen LogP) is -5.40. The zero-order valence-electron chi connectivity index (χ0n) is 12.0. The average molecular weight is 342 g/mol. The van der Waals surface area contributed by atoms with Crippen LogP contribution in [-0.4, -0.2) is 115 Å². The minimum absolute atomic E-state index is 0.667. The fraction of sp³-hybridized carbons (Fsp3) is 1.00. The first-order valence-corrected chi connectivity index (χ1v) is 7.08. The topological polar surface area (TPSA) is 190 Å². The van der Waals surface area contributed by atoms with E-state index in [1.54, 1.807) is 0 Å². The molecule has 8 N–H and O–H groups in total. The largest absolute Gasteiger partial charge is 0.394 e. The second kappa shape index (κ2) is 7.63. The van der Waals surface area contributed by atoms with E-state index in [0.717, 1.165) is 0 Å². The molecule has 2 fully saturated rings. The molecule has 0 aromatic carbocycles. The summed E-state index contributed by atoms with van der Waals surface area (Å²) < 4.78 is 15.1. The standard InChI is InChI=1S/C12H22O11/c13-1-3-5(15)7(17)8(18)12(22-3)23-10-6(16)4(2-14)21-11(20)9(10)19/h3-20H,1-2H2/t3-,4-,5-,6+,7+,8-,9-,10+,11?,12+/m1/s1. The summed E-state index contributed by atoms with van der Waals surface area (Å²) in [7, 11) is 0. The van der Waals surface area contributed by atoms with Gasteiger partial charge in [0.1, 0.15) is 48.8 Å². The first-order valence-electron chi connectivity index (χ1n) is 7.08. The highest BCUT2D eigenvalue weighted by atomic mass is 16.7. The molecule has 0 aromatic rings. The van der Waals surface area contributed by atoms with Crippen molar-refractivity contribution in [3.05, 3.63) is 0 Å². The Morgan fingerprint density at radius 3 is 1.78 bits per heavy atom. The Morgan fingerprint density at radius 1 is 0.652 bits per heavy atom. The van der Waals surface area contributed by atoms with Crippen molar-refractivity contribution in [2.45, 2.75) is 61.4 Å². The second-order valence-electron chi connectivity index (χ2n) is 5.53. The third-order valence-corrected chi connectivity index (χ3v) is 3.98. The molecule has 0 bridgehead atoms. The molecule has 0 aromatic heterocycles. The summed E-state index contributed by atoms with van der Waals surface area (Å²) in [5.74, 6) is 0. The quantitative estimate of drug-likeness (QED) is 0.243. The molecule has 136 valence electrons. The van der Waals surface area contributed by atoms with Crippen molar-refractivity contribution in [1.82, 2.24) is 0 Å². The molecule has 23 heavy (non-hydrogen) atoms. The number of aliphatic hydroxyl groups excluding tert-OH is 8. The van der Waals surface area contributed by atoms with Crippen LogP contribution in [0.25, 0.3) is 0 Å². The number of ether oxygens (including phenoxy) is 3. The highest BCUT2D eigenvalue weighted by Crippen LogP contribution is 2.28. The van der Waals surface area contributed by atoms with Crippen molar-refractivity contribution in [2.24, 2.45) is 0 Å². The minimum atomic E-state index is -1.76. The van der Waals surface area contributed by atoms with Crippen LogP contribution in [-0.2, 0) is 14.2 Å². The summed E-state index contributed by atoms with van der Waals surface area (Å²) in [6.07, 6.45) is -15.7. The summed E-state index contributed by atoms with van der Waals surface area (Å²) in [5, 5.41) is 76.8. The third kappa shape index (κ3) is 3.65. The van der Waals surface area contributed by atoms with Crippen molar-refractivity contribution < 1.29 is 55.1 Å². The smallest absolute Gasteiger partial charge is 0.187 e. The van der Waals surface area contributed by atoms with Gasteiger partial charge >= 0.3 is 0 Å².